The molecule has 0 saturated carbocycles. The zero-order valence-corrected chi connectivity index (χ0v) is 14.6. The summed E-state index contributed by atoms with van der Waals surface area (Å²) in [5.74, 6) is 0.936. The molecule has 21 heavy (non-hydrogen) atoms. The third-order valence-corrected chi connectivity index (χ3v) is 6.17. The van der Waals surface area contributed by atoms with Gasteiger partial charge in [-0.15, -0.1) is 0 Å². The lowest BCUT2D eigenvalue weighted by molar-refractivity contribution is -0.155. The van der Waals surface area contributed by atoms with Gasteiger partial charge in [-0.1, -0.05) is 22.9 Å². The summed E-state index contributed by atoms with van der Waals surface area (Å²) in [6.45, 7) is 7.50. The second kappa shape index (κ2) is 4.85. The summed E-state index contributed by atoms with van der Waals surface area (Å²) < 4.78 is 12.7. The number of rotatable bonds is 1. The smallest absolute Gasteiger partial charge is 0.191 e. The van der Waals surface area contributed by atoms with E-state index in [9.17, 15) is 4.79 Å². The van der Waals surface area contributed by atoms with Crippen molar-refractivity contribution >= 4 is 21.7 Å². The van der Waals surface area contributed by atoms with E-state index in [1.54, 1.807) is 7.11 Å². The van der Waals surface area contributed by atoms with Crippen molar-refractivity contribution in [3.8, 4) is 0 Å². The second-order valence-corrected chi connectivity index (χ2v) is 7.60. The molecule has 2 fully saturated rings. The molecule has 2 atom stereocenters. The van der Waals surface area contributed by atoms with Crippen LogP contribution in [0.5, 0.6) is 0 Å². The van der Waals surface area contributed by atoms with Gasteiger partial charge in [0, 0.05) is 23.2 Å². The van der Waals surface area contributed by atoms with Crippen LogP contribution in [0.1, 0.15) is 33.6 Å². The van der Waals surface area contributed by atoms with E-state index in [0.29, 0.717) is 12.2 Å². The van der Waals surface area contributed by atoms with Gasteiger partial charge in [0.15, 0.2) is 5.78 Å². The van der Waals surface area contributed by atoms with Gasteiger partial charge in [-0.25, -0.2) is 0 Å². The Labute approximate surface area is 134 Å². The summed E-state index contributed by atoms with van der Waals surface area (Å²) in [5, 5.41) is 0. The molecular formula is C16H22BrNO3. The molecule has 3 aliphatic rings. The van der Waals surface area contributed by atoms with Gasteiger partial charge in [0.05, 0.1) is 24.7 Å². The van der Waals surface area contributed by atoms with Gasteiger partial charge >= 0.3 is 0 Å². The van der Waals surface area contributed by atoms with Crippen molar-refractivity contribution < 1.29 is 14.3 Å². The van der Waals surface area contributed by atoms with Gasteiger partial charge in [0.25, 0.3) is 0 Å². The van der Waals surface area contributed by atoms with E-state index in [-0.39, 0.29) is 11.7 Å². The molecule has 0 amide bonds. The quantitative estimate of drug-likeness (QED) is 0.723. The maximum absolute atomic E-state index is 13.2. The molecule has 1 spiro atoms. The Kier molecular flexibility index (Phi) is 3.49. The highest BCUT2D eigenvalue weighted by molar-refractivity contribution is 9.11. The highest BCUT2D eigenvalue weighted by Crippen LogP contribution is 2.51. The number of Topliss-reactive ketones (excluding diaryl/α,β-unsaturated/α-hetero) is 1. The average molecular weight is 356 g/mol. The van der Waals surface area contributed by atoms with Crippen LogP contribution in [-0.4, -0.2) is 36.5 Å². The number of fused-ring (bicyclic) bond motifs is 1. The Morgan fingerprint density at radius 2 is 2.19 bits per heavy atom. The number of piperidine rings is 1. The first-order valence-electron chi connectivity index (χ1n) is 7.45. The van der Waals surface area contributed by atoms with Gasteiger partial charge in [-0.2, -0.15) is 0 Å². The molecule has 0 aliphatic carbocycles. The molecule has 4 nitrogen and oxygen atoms in total. The molecule has 0 bridgehead atoms. The number of hydrogen-bond donors (Lipinski definition) is 0. The molecule has 3 aliphatic heterocycles. The summed E-state index contributed by atoms with van der Waals surface area (Å²) in [6, 6.07) is 0. The van der Waals surface area contributed by atoms with Gasteiger partial charge in [0.1, 0.15) is 11.5 Å². The van der Waals surface area contributed by atoms with Crippen LogP contribution in [0.4, 0.5) is 0 Å². The molecule has 0 N–H and O–H groups in total. The molecule has 3 rings (SSSR count). The summed E-state index contributed by atoms with van der Waals surface area (Å²) in [4.78, 5) is 15.2. The van der Waals surface area contributed by atoms with Crippen molar-refractivity contribution in [3.63, 3.8) is 0 Å². The lowest BCUT2D eigenvalue weighted by atomic mass is 9.66. The van der Waals surface area contributed by atoms with E-state index >= 15 is 0 Å². The summed E-state index contributed by atoms with van der Waals surface area (Å²) >= 11 is 3.60. The van der Waals surface area contributed by atoms with Crippen LogP contribution in [0.25, 0.3) is 0 Å². The van der Waals surface area contributed by atoms with Crippen LogP contribution < -0.4 is 0 Å². The minimum Gasteiger partial charge on any atom is -0.498 e. The largest absolute Gasteiger partial charge is 0.498 e. The van der Waals surface area contributed by atoms with Crippen molar-refractivity contribution in [2.24, 2.45) is 11.3 Å². The molecule has 0 aromatic heterocycles. The van der Waals surface area contributed by atoms with Crippen molar-refractivity contribution in [2.75, 3.05) is 20.3 Å². The van der Waals surface area contributed by atoms with Crippen LogP contribution >= 0.6 is 15.9 Å². The zero-order chi connectivity index (χ0) is 15.4. The summed E-state index contributed by atoms with van der Waals surface area (Å²) in [5.41, 5.74) is -0.230. The predicted octanol–water partition coefficient (Wildman–Crippen LogP) is 3.19. The highest BCUT2D eigenvalue weighted by atomic mass is 79.9. The van der Waals surface area contributed by atoms with Crippen LogP contribution in [0, 0.1) is 11.3 Å². The highest BCUT2D eigenvalue weighted by Gasteiger charge is 2.59. The Balaban J connectivity index is 2.12. The number of carbonyl (C=O) groups excluding carboxylic acids is 1. The number of carbonyl (C=O) groups is 1. The topological polar surface area (TPSA) is 38.8 Å². The number of halogens is 1. The first-order chi connectivity index (χ1) is 9.84. The second-order valence-electron chi connectivity index (χ2n) is 6.68. The minimum absolute atomic E-state index is 0.0690. The average Bonchev–Trinajstić information content (AvgIpc) is 2.90. The zero-order valence-electron chi connectivity index (χ0n) is 13.0. The number of hydrogen-bond acceptors (Lipinski definition) is 4. The normalized spacial score (nSPS) is 35.1. The lowest BCUT2D eigenvalue weighted by Crippen LogP contribution is -2.61. The van der Waals surface area contributed by atoms with Crippen LogP contribution in [-0.2, 0) is 14.3 Å². The minimum atomic E-state index is -0.531. The van der Waals surface area contributed by atoms with Crippen molar-refractivity contribution in [1.82, 2.24) is 4.90 Å². The predicted molar refractivity (Wildman–Crippen MR) is 83.6 cm³/mol. The first kappa shape index (κ1) is 15.1. The number of nitrogens with zero attached hydrogens (tertiary/aromatic N) is 1. The van der Waals surface area contributed by atoms with Crippen molar-refractivity contribution in [3.05, 3.63) is 22.1 Å². The third kappa shape index (κ3) is 1.93. The fourth-order valence-corrected chi connectivity index (χ4v) is 4.18. The fraction of sp³-hybridized carbons (Fsp3) is 0.688. The number of ketones is 1. The van der Waals surface area contributed by atoms with E-state index in [2.05, 4.69) is 15.9 Å². The number of methoxy groups -OCH3 is 1. The molecule has 3 heterocycles. The molecule has 5 heteroatoms. The third-order valence-electron chi connectivity index (χ3n) is 5.28. The number of allylic oxidation sites excluding steroid dienone is 2. The van der Waals surface area contributed by atoms with E-state index < -0.39 is 11.0 Å². The van der Waals surface area contributed by atoms with Crippen molar-refractivity contribution in [2.45, 2.75) is 39.2 Å². The van der Waals surface area contributed by atoms with E-state index in [1.165, 1.54) is 0 Å². The lowest BCUT2D eigenvalue weighted by Gasteiger charge is -2.51. The van der Waals surface area contributed by atoms with Crippen molar-refractivity contribution in [1.29, 1.82) is 0 Å². The maximum atomic E-state index is 13.2. The maximum Gasteiger partial charge on any atom is 0.191 e. The SMILES string of the molecule is COC1=C2C(=O)C(C)(C)C3(CCCO3)CN2C=C(Br)C1C. The fourth-order valence-electron chi connectivity index (χ4n) is 3.73. The van der Waals surface area contributed by atoms with Gasteiger partial charge < -0.3 is 14.4 Å². The molecule has 2 saturated heterocycles. The van der Waals surface area contributed by atoms with Gasteiger partial charge in [-0.05, 0) is 26.7 Å². The monoisotopic (exact) mass is 355 g/mol. The van der Waals surface area contributed by atoms with Crippen LogP contribution in [0.2, 0.25) is 0 Å². The molecular weight excluding hydrogens is 334 g/mol. The van der Waals surface area contributed by atoms with Gasteiger partial charge in [-0.3, -0.25) is 4.79 Å². The standard InChI is InChI=1S/C16H22BrNO3/c1-10-11(17)8-18-9-16(6-5-7-21-16)15(2,3)14(19)12(18)13(10)20-4/h8,10H,5-7,9H2,1-4H3. The summed E-state index contributed by atoms with van der Waals surface area (Å²) in [7, 11) is 1.64. The Bertz CT molecular complexity index is 544. The Morgan fingerprint density at radius 3 is 2.76 bits per heavy atom. The van der Waals surface area contributed by atoms with Gasteiger partial charge in [0.2, 0.25) is 0 Å². The first-order valence-corrected chi connectivity index (χ1v) is 8.24. The van der Waals surface area contributed by atoms with E-state index in [1.807, 2.05) is 31.9 Å². The van der Waals surface area contributed by atoms with Crippen LogP contribution in [0.15, 0.2) is 22.1 Å². The Hall–Kier alpha value is -0.810. The molecule has 2 unspecified atom stereocenters. The molecule has 0 aromatic carbocycles. The molecule has 0 radical (unpaired) electrons. The summed E-state index contributed by atoms with van der Waals surface area (Å²) in [6.07, 6.45) is 3.96. The number of ether oxygens (including phenoxy) is 2. The Morgan fingerprint density at radius 1 is 1.48 bits per heavy atom. The van der Waals surface area contributed by atoms with E-state index in [4.69, 9.17) is 9.47 Å². The molecule has 0 aromatic rings. The van der Waals surface area contributed by atoms with Crippen LogP contribution in [0.3, 0.4) is 0 Å². The molecule has 116 valence electrons. The van der Waals surface area contributed by atoms with E-state index in [0.717, 1.165) is 29.7 Å².